The number of fused-ring (bicyclic) bond motifs is 1. The molecule has 0 saturated heterocycles. The molecule has 4 N–H and O–H groups in total. The third-order valence-corrected chi connectivity index (χ3v) is 2.52. The first kappa shape index (κ1) is 10.9. The minimum Gasteiger partial charge on any atom is -0.478 e. The van der Waals surface area contributed by atoms with Crippen molar-refractivity contribution < 1.29 is 15.0 Å². The Bertz CT molecular complexity index is 406. The Balaban J connectivity index is 2.16. The van der Waals surface area contributed by atoms with E-state index in [4.69, 9.17) is 22.4 Å². The fraction of sp³-hybridized carbons (Fsp3) is 0.250. The number of thiocarbonyl (C=S) groups is 1. The van der Waals surface area contributed by atoms with Gasteiger partial charge in [-0.05, 0) is 0 Å². The van der Waals surface area contributed by atoms with Gasteiger partial charge in [-0.1, -0.05) is 12.2 Å². The van der Waals surface area contributed by atoms with Crippen molar-refractivity contribution in [1.29, 1.82) is 0 Å². The van der Waals surface area contributed by atoms with Crippen LogP contribution in [0.25, 0.3) is 0 Å². The fourth-order valence-electron chi connectivity index (χ4n) is 1.38. The molecule has 0 aromatic carbocycles. The van der Waals surface area contributed by atoms with E-state index in [1.54, 1.807) is 11.2 Å². The van der Waals surface area contributed by atoms with Crippen molar-refractivity contribution in [3.05, 3.63) is 23.8 Å². The molecule has 0 atom stereocenters. The minimum atomic E-state index is -1.08. The van der Waals surface area contributed by atoms with Gasteiger partial charge in [-0.25, -0.2) is 9.80 Å². The Morgan fingerprint density at radius 2 is 2.31 bits per heavy atom. The first-order valence-electron chi connectivity index (χ1n) is 4.53. The predicted molar refractivity (Wildman–Crippen MR) is 58.3 cm³/mol. The third kappa shape index (κ3) is 1.73. The number of aliphatic carboxylic acids is 1. The standard InChI is InChI=1S/C8H10N4O3S/c13-2-1-11-4-6-9-3-5(8(14)15)7(16)12(6)10-11/h3-4,9-10,13H,1-2H2,(H,14,15). The van der Waals surface area contributed by atoms with Gasteiger partial charge < -0.3 is 15.5 Å². The van der Waals surface area contributed by atoms with Gasteiger partial charge in [0, 0.05) is 6.20 Å². The Morgan fingerprint density at radius 3 is 2.94 bits per heavy atom. The first-order chi connectivity index (χ1) is 7.63. The van der Waals surface area contributed by atoms with Crippen molar-refractivity contribution in [1.82, 2.24) is 20.9 Å². The zero-order chi connectivity index (χ0) is 11.7. The number of aliphatic hydroxyl groups is 1. The van der Waals surface area contributed by atoms with E-state index in [1.807, 2.05) is 0 Å². The van der Waals surface area contributed by atoms with Crippen molar-refractivity contribution in [2.75, 3.05) is 13.2 Å². The van der Waals surface area contributed by atoms with Gasteiger partial charge in [-0.15, -0.1) is 5.53 Å². The molecule has 0 amide bonds. The molecule has 2 aliphatic rings. The summed E-state index contributed by atoms with van der Waals surface area (Å²) in [6.07, 6.45) is 3.04. The summed E-state index contributed by atoms with van der Waals surface area (Å²) in [5, 5.41) is 23.5. The van der Waals surface area contributed by atoms with Crippen LogP contribution in [0.1, 0.15) is 0 Å². The highest BCUT2D eigenvalue weighted by atomic mass is 32.1. The molecule has 0 aromatic heterocycles. The summed E-state index contributed by atoms with van der Waals surface area (Å²) < 4.78 is 0. The number of nitrogens with zero attached hydrogens (tertiary/aromatic N) is 2. The zero-order valence-corrected chi connectivity index (χ0v) is 8.99. The summed E-state index contributed by atoms with van der Waals surface area (Å²) in [7, 11) is 0. The molecule has 2 rings (SSSR count). The summed E-state index contributed by atoms with van der Waals surface area (Å²) in [6.45, 7) is 0.364. The lowest BCUT2D eigenvalue weighted by Crippen LogP contribution is -2.49. The molecule has 0 spiro atoms. The Kier molecular flexibility index (Phi) is 2.77. The van der Waals surface area contributed by atoms with Gasteiger partial charge in [0.15, 0.2) is 0 Å². The van der Waals surface area contributed by atoms with E-state index in [0.29, 0.717) is 12.4 Å². The lowest BCUT2D eigenvalue weighted by atomic mass is 10.2. The second kappa shape index (κ2) is 4.08. The number of rotatable bonds is 3. The van der Waals surface area contributed by atoms with E-state index in [-0.39, 0.29) is 17.2 Å². The number of hydrogen-bond donors (Lipinski definition) is 4. The van der Waals surface area contributed by atoms with Gasteiger partial charge in [-0.3, -0.25) is 5.01 Å². The van der Waals surface area contributed by atoms with Crippen LogP contribution in [0.3, 0.4) is 0 Å². The van der Waals surface area contributed by atoms with Gasteiger partial charge in [0.25, 0.3) is 0 Å². The summed E-state index contributed by atoms with van der Waals surface area (Å²) in [6, 6.07) is 0. The lowest BCUT2D eigenvalue weighted by Gasteiger charge is -2.27. The maximum Gasteiger partial charge on any atom is 0.340 e. The number of nitrogens with one attached hydrogen (secondary N) is 2. The SMILES string of the molecule is O=C(O)C1=CNC2=CN(CCO)NN2C1=S. The number of carboxylic acid groups (broad SMARTS) is 1. The number of hydrogen-bond acceptors (Lipinski definition) is 6. The number of carboxylic acids is 1. The molecule has 0 aromatic rings. The quantitative estimate of drug-likeness (QED) is 0.455. The lowest BCUT2D eigenvalue weighted by molar-refractivity contribution is -0.132. The molecule has 0 aliphatic carbocycles. The summed E-state index contributed by atoms with van der Waals surface area (Å²) in [4.78, 5) is 11.0. The molecule has 0 fully saturated rings. The molecule has 86 valence electrons. The van der Waals surface area contributed by atoms with Crippen LogP contribution < -0.4 is 10.9 Å². The molecule has 0 bridgehead atoms. The van der Waals surface area contributed by atoms with Gasteiger partial charge in [-0.2, -0.15) is 0 Å². The molecule has 0 unspecified atom stereocenters. The van der Waals surface area contributed by atoms with Crippen LogP contribution in [0, 0.1) is 0 Å². The average Bonchev–Trinajstić information content (AvgIpc) is 2.62. The molecule has 7 nitrogen and oxygen atoms in total. The van der Waals surface area contributed by atoms with Crippen LogP contribution in [0.4, 0.5) is 0 Å². The van der Waals surface area contributed by atoms with E-state index < -0.39 is 5.97 Å². The van der Waals surface area contributed by atoms with Crippen LogP contribution in [0.15, 0.2) is 23.8 Å². The molecule has 8 heteroatoms. The van der Waals surface area contributed by atoms with Gasteiger partial charge in [0.05, 0.1) is 19.4 Å². The zero-order valence-electron chi connectivity index (χ0n) is 8.17. The molecule has 0 saturated carbocycles. The molecule has 16 heavy (non-hydrogen) atoms. The van der Waals surface area contributed by atoms with Crippen LogP contribution in [-0.4, -0.2) is 44.3 Å². The van der Waals surface area contributed by atoms with Crippen molar-refractivity contribution in [2.24, 2.45) is 0 Å². The average molecular weight is 242 g/mol. The normalized spacial score (nSPS) is 18.9. The van der Waals surface area contributed by atoms with Crippen molar-refractivity contribution in [2.45, 2.75) is 0 Å². The van der Waals surface area contributed by atoms with Crippen LogP contribution in [-0.2, 0) is 4.79 Å². The largest absolute Gasteiger partial charge is 0.478 e. The molecular formula is C8H10N4O3S. The monoisotopic (exact) mass is 242 g/mol. The van der Waals surface area contributed by atoms with Crippen LogP contribution in [0.5, 0.6) is 0 Å². The van der Waals surface area contributed by atoms with Crippen molar-refractivity contribution in [3.8, 4) is 0 Å². The van der Waals surface area contributed by atoms with Gasteiger partial charge >= 0.3 is 5.97 Å². The van der Waals surface area contributed by atoms with Crippen LogP contribution in [0.2, 0.25) is 0 Å². The Morgan fingerprint density at radius 1 is 1.56 bits per heavy atom. The Hall–Kier alpha value is -1.64. The number of aliphatic hydroxyl groups excluding tert-OH is 1. The Labute approximate surface area is 96.6 Å². The van der Waals surface area contributed by atoms with Gasteiger partial charge in [0.1, 0.15) is 16.4 Å². The molecule has 0 radical (unpaired) electrons. The highest BCUT2D eigenvalue weighted by Crippen LogP contribution is 2.17. The molecule has 2 heterocycles. The smallest absolute Gasteiger partial charge is 0.340 e. The second-order valence-electron chi connectivity index (χ2n) is 3.18. The third-order valence-electron chi connectivity index (χ3n) is 2.12. The highest BCUT2D eigenvalue weighted by Gasteiger charge is 2.31. The van der Waals surface area contributed by atoms with E-state index in [0.717, 1.165) is 0 Å². The number of β-amino-alcohol motifs (C(OH)–C–C–N with tert-alkyl or cyclic N) is 1. The maximum atomic E-state index is 10.8. The molecular weight excluding hydrogens is 232 g/mol. The van der Waals surface area contributed by atoms with Gasteiger partial charge in [0.2, 0.25) is 0 Å². The van der Waals surface area contributed by atoms with Crippen molar-refractivity contribution in [3.63, 3.8) is 0 Å². The van der Waals surface area contributed by atoms with Crippen molar-refractivity contribution >= 4 is 23.2 Å². The minimum absolute atomic E-state index is 0.0173. The summed E-state index contributed by atoms with van der Waals surface area (Å²) >= 11 is 5.02. The highest BCUT2D eigenvalue weighted by molar-refractivity contribution is 7.80. The van der Waals surface area contributed by atoms with Crippen LogP contribution >= 0.6 is 12.2 Å². The fourth-order valence-corrected chi connectivity index (χ4v) is 1.66. The second-order valence-corrected chi connectivity index (χ2v) is 3.57. The molecule has 2 aliphatic heterocycles. The van der Waals surface area contributed by atoms with E-state index in [9.17, 15) is 4.79 Å². The number of carbonyl (C=O) groups is 1. The van der Waals surface area contributed by atoms with E-state index >= 15 is 0 Å². The van der Waals surface area contributed by atoms with E-state index in [1.165, 1.54) is 11.2 Å². The predicted octanol–water partition coefficient (Wildman–Crippen LogP) is -1.29. The maximum absolute atomic E-state index is 10.8. The topological polar surface area (TPSA) is 88.1 Å². The number of hydrazine groups is 2. The van der Waals surface area contributed by atoms with E-state index in [2.05, 4.69) is 10.9 Å². The first-order valence-corrected chi connectivity index (χ1v) is 4.94. The summed E-state index contributed by atoms with van der Waals surface area (Å²) in [5.74, 6) is -0.456. The summed E-state index contributed by atoms with van der Waals surface area (Å²) in [5.41, 5.74) is 2.85.